The Labute approximate surface area is 287 Å². The molecule has 51 heavy (non-hydrogen) atoms. The van der Waals surface area contributed by atoms with Crippen molar-refractivity contribution in [3.05, 3.63) is 46.6 Å². The van der Waals surface area contributed by atoms with E-state index in [9.17, 15) is 55.9 Å². The van der Waals surface area contributed by atoms with Crippen LogP contribution in [0.2, 0.25) is 0 Å². The normalized spacial score (nSPS) is 35.3. The molecule has 3 saturated heterocycles. The third kappa shape index (κ3) is 6.84. The second-order valence-corrected chi connectivity index (χ2v) is 12.5. The molecule has 10 N–H and O–H groups in total. The molecule has 11 atom stereocenters. The Kier molecular flexibility index (Phi) is 10.5. The lowest BCUT2D eigenvalue weighted by Crippen LogP contribution is -2.60. The van der Waals surface area contributed by atoms with Crippen molar-refractivity contribution in [3.63, 3.8) is 0 Å². The molecule has 3 aromatic rings. The first-order valence-corrected chi connectivity index (χ1v) is 15.6. The van der Waals surface area contributed by atoms with Gasteiger partial charge in [0, 0.05) is 17.7 Å². The number of ether oxygens (including phenoxy) is 7. The van der Waals surface area contributed by atoms with Crippen molar-refractivity contribution < 1.29 is 88.6 Å². The molecule has 0 aliphatic carbocycles. The topological polar surface area (TPSA) is 297 Å². The Morgan fingerprint density at radius 2 is 1.49 bits per heavy atom. The fourth-order valence-corrected chi connectivity index (χ4v) is 5.82. The average molecular weight is 727 g/mol. The van der Waals surface area contributed by atoms with Gasteiger partial charge in [0.2, 0.25) is 23.8 Å². The zero-order valence-corrected chi connectivity index (χ0v) is 26.8. The van der Waals surface area contributed by atoms with Gasteiger partial charge in [-0.1, -0.05) is 0 Å². The molecule has 0 bridgehead atoms. The smallest absolute Gasteiger partial charge is 0.239 e. The molecule has 0 amide bonds. The highest BCUT2D eigenvalue weighted by molar-refractivity contribution is 5.88. The summed E-state index contributed by atoms with van der Waals surface area (Å²) >= 11 is 0. The second-order valence-electron chi connectivity index (χ2n) is 12.5. The lowest BCUT2D eigenvalue weighted by Gasteiger charge is -2.39. The molecular weight excluding hydrogens is 688 g/mol. The van der Waals surface area contributed by atoms with Crippen LogP contribution >= 0.6 is 0 Å². The van der Waals surface area contributed by atoms with E-state index in [-0.39, 0.29) is 33.8 Å². The maximum Gasteiger partial charge on any atom is 0.239 e. The molecule has 3 fully saturated rings. The van der Waals surface area contributed by atoms with Crippen molar-refractivity contribution in [2.45, 2.75) is 66.7 Å². The van der Waals surface area contributed by atoms with Gasteiger partial charge < -0.3 is 88.6 Å². The molecule has 0 saturated carbocycles. The van der Waals surface area contributed by atoms with Crippen LogP contribution in [-0.2, 0) is 18.9 Å². The molecule has 0 radical (unpaired) electrons. The number of methoxy groups -OCH3 is 1. The lowest BCUT2D eigenvalue weighted by molar-refractivity contribution is -0.277. The van der Waals surface area contributed by atoms with Crippen LogP contribution in [0.25, 0.3) is 22.3 Å². The van der Waals surface area contributed by atoms with Gasteiger partial charge in [0.15, 0.2) is 12.1 Å². The highest BCUT2D eigenvalue weighted by Gasteiger charge is 2.53. The number of hydrogen-bond donors (Lipinski definition) is 10. The van der Waals surface area contributed by atoms with Gasteiger partial charge >= 0.3 is 0 Å². The summed E-state index contributed by atoms with van der Waals surface area (Å²) < 4.78 is 44.1. The number of benzene rings is 2. The van der Waals surface area contributed by atoms with Crippen molar-refractivity contribution in [2.75, 3.05) is 40.1 Å². The molecule has 19 nitrogen and oxygen atoms in total. The summed E-state index contributed by atoms with van der Waals surface area (Å²) in [5, 5.41) is 102. The molecule has 1 aromatic heterocycles. The van der Waals surface area contributed by atoms with Crippen LogP contribution in [0, 0.1) is 0 Å². The van der Waals surface area contributed by atoms with Gasteiger partial charge in [0.05, 0.1) is 40.1 Å². The van der Waals surface area contributed by atoms with E-state index in [1.54, 1.807) is 0 Å². The predicted octanol–water partition coefficient (Wildman–Crippen LogP) is -3.36. The number of rotatable bonds is 11. The van der Waals surface area contributed by atoms with Crippen LogP contribution in [0.5, 0.6) is 23.0 Å². The summed E-state index contributed by atoms with van der Waals surface area (Å²) in [5.41, 5.74) is -5.01. The molecule has 280 valence electrons. The highest BCUT2D eigenvalue weighted by atomic mass is 16.7. The second kappa shape index (κ2) is 14.4. The van der Waals surface area contributed by atoms with Gasteiger partial charge in [-0.15, -0.1) is 0 Å². The number of hydrogen-bond acceptors (Lipinski definition) is 19. The summed E-state index contributed by atoms with van der Waals surface area (Å²) in [6.07, 6.45) is -14.4. The van der Waals surface area contributed by atoms with E-state index in [0.29, 0.717) is 0 Å². The minimum absolute atomic E-state index is 0.0846. The van der Waals surface area contributed by atoms with Gasteiger partial charge in [-0.05, 0) is 24.3 Å². The Hall–Kier alpha value is -3.67. The van der Waals surface area contributed by atoms with Crippen molar-refractivity contribution in [3.8, 4) is 34.3 Å². The maximum atomic E-state index is 13.9. The van der Waals surface area contributed by atoms with Crippen molar-refractivity contribution in [1.29, 1.82) is 0 Å². The van der Waals surface area contributed by atoms with Crippen molar-refractivity contribution in [2.24, 2.45) is 0 Å². The number of phenolic OH excluding ortho intramolecular Hbond substituents is 1. The fraction of sp³-hybridized carbons (Fsp3) is 0.531. The molecule has 2 aromatic carbocycles. The molecule has 3 aliphatic rings. The maximum absolute atomic E-state index is 13.9. The highest BCUT2D eigenvalue weighted by Crippen LogP contribution is 2.39. The Bertz CT molecular complexity index is 1750. The van der Waals surface area contributed by atoms with Gasteiger partial charge in [-0.2, -0.15) is 0 Å². The van der Waals surface area contributed by atoms with Gasteiger partial charge in [-0.3, -0.25) is 4.79 Å². The van der Waals surface area contributed by atoms with Crippen LogP contribution in [-0.4, -0.2) is 158 Å². The van der Waals surface area contributed by atoms with E-state index in [1.165, 1.54) is 43.5 Å². The first-order valence-electron chi connectivity index (χ1n) is 15.6. The number of fused-ring (bicyclic) bond motifs is 1. The average Bonchev–Trinajstić information content (AvgIpc) is 3.58. The number of phenols is 1. The molecule has 0 unspecified atom stereocenters. The van der Waals surface area contributed by atoms with E-state index in [4.69, 9.17) is 37.6 Å². The van der Waals surface area contributed by atoms with Crippen LogP contribution in [0.1, 0.15) is 0 Å². The minimum Gasteiger partial charge on any atom is -0.507 e. The van der Waals surface area contributed by atoms with Crippen LogP contribution in [0.4, 0.5) is 0 Å². The first kappa shape index (κ1) is 37.1. The molecule has 6 rings (SSSR count). The lowest BCUT2D eigenvalue weighted by atomic mass is 9.99. The summed E-state index contributed by atoms with van der Waals surface area (Å²) in [4.78, 5) is 13.9. The first-order chi connectivity index (χ1) is 24.2. The van der Waals surface area contributed by atoms with Gasteiger partial charge in [-0.25, -0.2) is 0 Å². The monoisotopic (exact) mass is 726 g/mol. The van der Waals surface area contributed by atoms with E-state index in [1.807, 2.05) is 0 Å². The summed E-state index contributed by atoms with van der Waals surface area (Å²) in [6.45, 7) is -3.24. The number of aromatic hydroxyl groups is 1. The molecule has 19 heteroatoms. The van der Waals surface area contributed by atoms with Crippen LogP contribution in [0.3, 0.4) is 0 Å². The van der Waals surface area contributed by atoms with Crippen molar-refractivity contribution >= 4 is 11.0 Å². The predicted molar refractivity (Wildman–Crippen MR) is 166 cm³/mol. The molecule has 4 heterocycles. The van der Waals surface area contributed by atoms with Crippen LogP contribution < -0.4 is 19.6 Å². The summed E-state index contributed by atoms with van der Waals surface area (Å²) in [7, 11) is 1.33. The Balaban J connectivity index is 1.27. The molecular formula is C32H38O19. The Morgan fingerprint density at radius 1 is 0.824 bits per heavy atom. The minimum atomic E-state index is -2.18. The van der Waals surface area contributed by atoms with E-state index >= 15 is 0 Å². The summed E-state index contributed by atoms with van der Waals surface area (Å²) in [5.74, 6) is -1.07. The van der Waals surface area contributed by atoms with Gasteiger partial charge in [0.25, 0.3) is 0 Å². The van der Waals surface area contributed by atoms with E-state index < -0.39 is 117 Å². The van der Waals surface area contributed by atoms with Crippen molar-refractivity contribution in [1.82, 2.24) is 0 Å². The van der Waals surface area contributed by atoms with Crippen LogP contribution in [0.15, 0.2) is 45.6 Å². The van der Waals surface area contributed by atoms with E-state index in [0.717, 1.165) is 0 Å². The third-order valence-corrected chi connectivity index (χ3v) is 8.98. The van der Waals surface area contributed by atoms with Gasteiger partial charge in [0.1, 0.15) is 76.0 Å². The zero-order valence-electron chi connectivity index (χ0n) is 26.8. The molecule has 0 spiro atoms. The summed E-state index contributed by atoms with van der Waals surface area (Å²) in [6, 6.07) is 8.08. The third-order valence-electron chi connectivity index (χ3n) is 8.98. The quantitative estimate of drug-likeness (QED) is 0.0923. The SMILES string of the molecule is COc1cc(O)c2c(=O)c(O[C@@H]3OC[C@@](O)(CO[C@@H]4OC[C@@](O)(CO)[C@H]4O)[C@H]3O)c(-c3ccc(O[C@@H]4O[C@H](CO)[C@@H](O)[C@H](O)[C@H]4O)cc3)oc2c1. The number of aliphatic hydroxyl groups excluding tert-OH is 7. The standard InChI is InChI=1S/C32H38O19/c1-44-15-6-16(35)19-17(7-15)49-24(13-2-4-14(5-3-13)48-28-23(39)22(38)20(36)18(8-33)50-28)25(21(19)37)51-30-27(41)32(43,12-47-30)11-46-29-26(40)31(42,9-34)10-45-29/h2-7,18,20,22-23,26-30,33-36,38-43H,8-12H2,1H3/t18-,20-,22+,23-,26+,27+,28-,29+,30+,31+,32+/m1/s1. The fourth-order valence-electron chi connectivity index (χ4n) is 5.82. The molecule has 3 aliphatic heterocycles. The number of aliphatic hydroxyl groups is 9. The van der Waals surface area contributed by atoms with E-state index in [2.05, 4.69) is 0 Å². The zero-order chi connectivity index (χ0) is 36.8. The Morgan fingerprint density at radius 3 is 2.14 bits per heavy atom. The largest absolute Gasteiger partial charge is 0.507 e.